The van der Waals surface area contributed by atoms with Crippen molar-refractivity contribution in [2.24, 2.45) is 0 Å². The fraction of sp³-hybridized carbons (Fsp3) is 0.526. The first kappa shape index (κ1) is 18.2. The van der Waals surface area contributed by atoms with Crippen molar-refractivity contribution in [3.8, 4) is 11.5 Å². The van der Waals surface area contributed by atoms with E-state index in [4.69, 9.17) is 9.15 Å². The van der Waals surface area contributed by atoms with E-state index in [0.29, 0.717) is 42.5 Å². The summed E-state index contributed by atoms with van der Waals surface area (Å²) in [6.45, 7) is 9.52. The van der Waals surface area contributed by atoms with Gasteiger partial charge in [-0.2, -0.15) is 0 Å². The lowest BCUT2D eigenvalue weighted by molar-refractivity contribution is -0.137. The van der Waals surface area contributed by atoms with E-state index in [1.807, 2.05) is 27.7 Å². The maximum Gasteiger partial charge on any atom is 0.264 e. The van der Waals surface area contributed by atoms with Gasteiger partial charge in [-0.15, -0.1) is 10.2 Å². The maximum atomic E-state index is 12.8. The molecule has 2 heterocycles. The summed E-state index contributed by atoms with van der Waals surface area (Å²) in [5.74, 6) is 1.71. The Morgan fingerprint density at radius 1 is 1.19 bits per heavy atom. The number of phenolic OH excluding ortho intramolecular Hbond substituents is 1. The number of fused-ring (bicyclic) bond motifs is 1. The van der Waals surface area contributed by atoms with Crippen molar-refractivity contribution in [2.75, 3.05) is 0 Å². The Kier molecular flexibility index (Phi) is 4.64. The number of nitrogens with zero attached hydrogens (tertiary/aromatic N) is 2. The molecular weight excluding hydrogens is 334 g/mol. The van der Waals surface area contributed by atoms with Gasteiger partial charge in [0.2, 0.25) is 11.8 Å². The molecule has 1 aliphatic rings. The highest BCUT2D eigenvalue weighted by Crippen LogP contribution is 2.43. The maximum absolute atomic E-state index is 12.8. The second-order valence-electron chi connectivity index (χ2n) is 6.99. The zero-order chi connectivity index (χ0) is 19.1. The van der Waals surface area contributed by atoms with Gasteiger partial charge < -0.3 is 19.6 Å². The number of hydrogen-bond acceptors (Lipinski definition) is 6. The minimum Gasteiger partial charge on any atom is -0.507 e. The summed E-state index contributed by atoms with van der Waals surface area (Å²) in [6, 6.07) is 0. The van der Waals surface area contributed by atoms with E-state index in [-0.39, 0.29) is 12.5 Å². The average Bonchev–Trinajstić information content (AvgIpc) is 3.10. The number of aromatic nitrogens is 2. The van der Waals surface area contributed by atoms with Crippen LogP contribution in [0.4, 0.5) is 0 Å². The molecule has 1 aromatic carbocycles. The van der Waals surface area contributed by atoms with Crippen molar-refractivity contribution < 1.29 is 19.1 Å². The van der Waals surface area contributed by atoms with E-state index in [1.54, 1.807) is 6.92 Å². The lowest BCUT2D eigenvalue weighted by atomic mass is 9.86. The summed E-state index contributed by atoms with van der Waals surface area (Å²) in [7, 11) is 0. The van der Waals surface area contributed by atoms with Crippen molar-refractivity contribution in [3.63, 3.8) is 0 Å². The Balaban J connectivity index is 1.78. The summed E-state index contributed by atoms with van der Waals surface area (Å²) < 4.78 is 11.6. The fourth-order valence-electron chi connectivity index (χ4n) is 3.25. The van der Waals surface area contributed by atoms with Gasteiger partial charge in [-0.05, 0) is 50.8 Å². The van der Waals surface area contributed by atoms with Crippen molar-refractivity contribution in [3.05, 3.63) is 34.0 Å². The quantitative estimate of drug-likeness (QED) is 0.871. The van der Waals surface area contributed by atoms with Crippen molar-refractivity contribution in [2.45, 2.75) is 66.0 Å². The fourth-order valence-corrected chi connectivity index (χ4v) is 3.25. The van der Waals surface area contributed by atoms with Gasteiger partial charge in [-0.1, -0.05) is 6.92 Å². The highest BCUT2D eigenvalue weighted by Gasteiger charge is 2.40. The number of phenols is 1. The molecule has 26 heavy (non-hydrogen) atoms. The summed E-state index contributed by atoms with van der Waals surface area (Å²) in [6.07, 6.45) is 1.85. The molecule has 0 radical (unpaired) electrons. The molecular formula is C19H25N3O4. The minimum atomic E-state index is -0.985. The SMILES string of the molecule is CCc1nnc(CNC(=O)[C@]2(C)CCc3c(C)c(O)c(C)c(C)c3O2)o1. The molecule has 2 aromatic rings. The van der Waals surface area contributed by atoms with Crippen LogP contribution in [-0.4, -0.2) is 26.8 Å². The van der Waals surface area contributed by atoms with E-state index in [0.717, 1.165) is 22.3 Å². The third-order valence-corrected chi connectivity index (χ3v) is 5.21. The van der Waals surface area contributed by atoms with Crippen LogP contribution in [0, 0.1) is 20.8 Å². The van der Waals surface area contributed by atoms with E-state index in [2.05, 4.69) is 15.5 Å². The molecule has 0 bridgehead atoms. The molecule has 7 nitrogen and oxygen atoms in total. The first-order chi connectivity index (χ1) is 12.3. The molecule has 0 unspecified atom stereocenters. The first-order valence-corrected chi connectivity index (χ1v) is 8.87. The van der Waals surface area contributed by atoms with Crippen LogP contribution in [0.15, 0.2) is 4.42 Å². The smallest absolute Gasteiger partial charge is 0.264 e. The molecule has 0 fully saturated rings. The number of rotatable bonds is 4. The van der Waals surface area contributed by atoms with Crippen LogP contribution in [0.3, 0.4) is 0 Å². The van der Waals surface area contributed by atoms with Gasteiger partial charge in [0.1, 0.15) is 11.5 Å². The van der Waals surface area contributed by atoms with Crippen LogP contribution >= 0.6 is 0 Å². The van der Waals surface area contributed by atoms with Crippen LogP contribution in [0.5, 0.6) is 11.5 Å². The number of aryl methyl sites for hydroxylation is 1. The lowest BCUT2D eigenvalue weighted by Gasteiger charge is -2.36. The van der Waals surface area contributed by atoms with Gasteiger partial charge in [-0.3, -0.25) is 4.79 Å². The molecule has 1 amide bonds. The van der Waals surface area contributed by atoms with E-state index >= 15 is 0 Å². The number of benzene rings is 1. The van der Waals surface area contributed by atoms with Crippen LogP contribution in [0.25, 0.3) is 0 Å². The highest BCUT2D eigenvalue weighted by molar-refractivity contribution is 5.85. The number of aromatic hydroxyl groups is 1. The largest absolute Gasteiger partial charge is 0.507 e. The predicted octanol–water partition coefficient (Wildman–Crippen LogP) is 2.66. The molecule has 140 valence electrons. The Hall–Kier alpha value is -2.57. The van der Waals surface area contributed by atoms with Crippen molar-refractivity contribution in [1.29, 1.82) is 0 Å². The average molecular weight is 359 g/mol. The normalized spacial score (nSPS) is 19.0. The summed E-state index contributed by atoms with van der Waals surface area (Å²) in [5.41, 5.74) is 2.46. The highest BCUT2D eigenvalue weighted by atomic mass is 16.5. The molecule has 0 saturated carbocycles. The van der Waals surface area contributed by atoms with Crippen molar-refractivity contribution >= 4 is 5.91 Å². The third-order valence-electron chi connectivity index (χ3n) is 5.21. The Labute approximate surface area is 152 Å². The standard InChI is InChI=1S/C19H25N3O4/c1-6-14-21-22-15(25-14)9-20-18(24)19(5)8-7-13-12(4)16(23)10(2)11(3)17(13)26-19/h23H,6-9H2,1-5H3,(H,20,24)/t19-/m0/s1. The van der Waals surface area contributed by atoms with Gasteiger partial charge in [0, 0.05) is 18.4 Å². The van der Waals surface area contributed by atoms with E-state index in [1.165, 1.54) is 0 Å². The number of carbonyl (C=O) groups excluding carboxylic acids is 1. The number of amides is 1. The zero-order valence-electron chi connectivity index (χ0n) is 15.9. The molecule has 3 rings (SSSR count). The van der Waals surface area contributed by atoms with Crippen LogP contribution in [-0.2, 0) is 24.2 Å². The summed E-state index contributed by atoms with van der Waals surface area (Å²) >= 11 is 0. The van der Waals surface area contributed by atoms with Crippen LogP contribution < -0.4 is 10.1 Å². The predicted molar refractivity (Wildman–Crippen MR) is 95.2 cm³/mol. The van der Waals surface area contributed by atoms with Gasteiger partial charge >= 0.3 is 0 Å². The Bertz CT molecular complexity index is 859. The number of hydrogen-bond donors (Lipinski definition) is 2. The zero-order valence-corrected chi connectivity index (χ0v) is 15.9. The van der Waals surface area contributed by atoms with Gasteiger partial charge in [0.25, 0.3) is 5.91 Å². The second-order valence-corrected chi connectivity index (χ2v) is 6.99. The number of carbonyl (C=O) groups is 1. The van der Waals surface area contributed by atoms with E-state index < -0.39 is 5.60 Å². The molecule has 1 aromatic heterocycles. The Morgan fingerprint density at radius 2 is 1.88 bits per heavy atom. The summed E-state index contributed by atoms with van der Waals surface area (Å²) in [5, 5.41) is 20.9. The minimum absolute atomic E-state index is 0.171. The monoisotopic (exact) mass is 359 g/mol. The molecule has 1 aliphatic heterocycles. The molecule has 7 heteroatoms. The topological polar surface area (TPSA) is 97.5 Å². The molecule has 0 spiro atoms. The second kappa shape index (κ2) is 6.63. The first-order valence-electron chi connectivity index (χ1n) is 8.87. The van der Waals surface area contributed by atoms with Crippen LogP contribution in [0.1, 0.15) is 54.3 Å². The molecule has 0 aliphatic carbocycles. The van der Waals surface area contributed by atoms with Gasteiger partial charge in [-0.25, -0.2) is 0 Å². The number of ether oxygens (including phenoxy) is 1. The third kappa shape index (κ3) is 3.02. The summed E-state index contributed by atoms with van der Waals surface area (Å²) in [4.78, 5) is 12.8. The van der Waals surface area contributed by atoms with Gasteiger partial charge in [0.05, 0.1) is 6.54 Å². The van der Waals surface area contributed by atoms with Crippen LogP contribution in [0.2, 0.25) is 0 Å². The van der Waals surface area contributed by atoms with Crippen molar-refractivity contribution in [1.82, 2.24) is 15.5 Å². The molecule has 1 atom stereocenters. The lowest BCUT2D eigenvalue weighted by Crippen LogP contribution is -2.50. The van der Waals surface area contributed by atoms with Gasteiger partial charge in [0.15, 0.2) is 5.60 Å². The molecule has 2 N–H and O–H groups in total. The number of nitrogens with one attached hydrogen (secondary N) is 1. The Morgan fingerprint density at radius 3 is 2.54 bits per heavy atom. The molecule has 0 saturated heterocycles. The van der Waals surface area contributed by atoms with E-state index in [9.17, 15) is 9.90 Å².